The number of fused-ring (bicyclic) bond motifs is 1. The molecule has 1 N–H and O–H groups in total. The zero-order valence-corrected chi connectivity index (χ0v) is 16.8. The van der Waals surface area contributed by atoms with E-state index in [0.29, 0.717) is 16.6 Å². The summed E-state index contributed by atoms with van der Waals surface area (Å²) in [6.45, 7) is 0. The smallest absolute Gasteiger partial charge is 0.236 e. The minimum atomic E-state index is -0.559. The lowest BCUT2D eigenvalue weighted by Gasteiger charge is -2.01. The molecule has 142 valence electrons. The molecule has 0 aliphatic carbocycles. The van der Waals surface area contributed by atoms with E-state index in [9.17, 15) is 13.6 Å². The summed E-state index contributed by atoms with van der Waals surface area (Å²) in [5, 5.41) is 5.60. The molecule has 2 aromatic heterocycles. The van der Waals surface area contributed by atoms with Crippen molar-refractivity contribution in [2.24, 2.45) is 0 Å². The molecule has 1 amide bonds. The summed E-state index contributed by atoms with van der Waals surface area (Å²) in [5.41, 5.74) is 1.33. The van der Waals surface area contributed by atoms with Crippen molar-refractivity contribution in [2.75, 3.05) is 11.1 Å². The second-order valence-corrected chi connectivity index (χ2v) is 8.74. The van der Waals surface area contributed by atoms with Crippen molar-refractivity contribution in [1.82, 2.24) is 9.97 Å². The third kappa shape index (κ3) is 4.37. The molecule has 2 heterocycles. The monoisotopic (exact) mass is 433 g/mol. The molecule has 0 unspecified atom stereocenters. The number of aromatic nitrogens is 2. The van der Waals surface area contributed by atoms with Crippen molar-refractivity contribution in [3.05, 3.63) is 64.5 Å². The molecule has 4 rings (SSSR count). The van der Waals surface area contributed by atoms with Crippen molar-refractivity contribution in [3.8, 4) is 11.3 Å². The van der Waals surface area contributed by atoms with E-state index in [1.54, 1.807) is 16.7 Å². The summed E-state index contributed by atoms with van der Waals surface area (Å²) in [7, 11) is 0. The van der Waals surface area contributed by atoms with E-state index in [-0.39, 0.29) is 17.2 Å². The number of amides is 1. The van der Waals surface area contributed by atoms with E-state index in [0.717, 1.165) is 33.4 Å². The SMILES string of the molecule is O=C(CSCc1nc2ccccc2s1)Nc1nc(-c2cc(F)ccc2F)cs1. The minimum absolute atomic E-state index is 0.0713. The van der Waals surface area contributed by atoms with Crippen molar-refractivity contribution >= 4 is 55.7 Å². The number of rotatable bonds is 6. The largest absolute Gasteiger partial charge is 0.301 e. The van der Waals surface area contributed by atoms with E-state index in [2.05, 4.69) is 15.3 Å². The number of hydrogen-bond donors (Lipinski definition) is 1. The van der Waals surface area contributed by atoms with Gasteiger partial charge >= 0.3 is 0 Å². The molecule has 0 fully saturated rings. The van der Waals surface area contributed by atoms with Gasteiger partial charge in [-0.1, -0.05) is 12.1 Å². The average molecular weight is 434 g/mol. The highest BCUT2D eigenvalue weighted by Gasteiger charge is 2.13. The number of nitrogens with zero attached hydrogens (tertiary/aromatic N) is 2. The van der Waals surface area contributed by atoms with Crippen molar-refractivity contribution in [2.45, 2.75) is 5.75 Å². The highest BCUT2D eigenvalue weighted by atomic mass is 32.2. The van der Waals surface area contributed by atoms with Crippen LogP contribution in [0.4, 0.5) is 13.9 Å². The van der Waals surface area contributed by atoms with Gasteiger partial charge in [0.1, 0.15) is 16.6 Å². The van der Waals surface area contributed by atoms with Gasteiger partial charge in [-0.05, 0) is 30.3 Å². The van der Waals surface area contributed by atoms with Crippen LogP contribution >= 0.6 is 34.4 Å². The first-order valence-electron chi connectivity index (χ1n) is 8.21. The zero-order chi connectivity index (χ0) is 19.5. The summed E-state index contributed by atoms with van der Waals surface area (Å²) in [5.74, 6) is -0.410. The van der Waals surface area contributed by atoms with Crippen LogP contribution in [-0.2, 0) is 10.5 Å². The maximum absolute atomic E-state index is 13.8. The molecule has 4 nitrogen and oxygen atoms in total. The first-order valence-corrected chi connectivity index (χ1v) is 11.1. The predicted octanol–water partition coefficient (Wildman–Crippen LogP) is 5.57. The van der Waals surface area contributed by atoms with Crippen molar-refractivity contribution < 1.29 is 13.6 Å². The number of carbonyl (C=O) groups is 1. The van der Waals surface area contributed by atoms with Crippen LogP contribution in [-0.4, -0.2) is 21.6 Å². The van der Waals surface area contributed by atoms with Crippen LogP contribution in [0.5, 0.6) is 0 Å². The molecular formula is C19H13F2N3OS3. The van der Waals surface area contributed by atoms with E-state index in [1.807, 2.05) is 24.3 Å². The number of carbonyl (C=O) groups excluding carboxylic acids is 1. The van der Waals surface area contributed by atoms with E-state index in [4.69, 9.17) is 0 Å². The lowest BCUT2D eigenvalue weighted by molar-refractivity contribution is -0.113. The fourth-order valence-corrected chi connectivity index (χ4v) is 5.09. The standard InChI is InChI=1S/C19H13F2N3OS3/c20-11-5-6-13(21)12(7-11)15-8-27-19(23-15)24-17(25)9-26-10-18-22-14-3-1-2-4-16(14)28-18/h1-8H,9-10H2,(H,23,24,25). The van der Waals surface area contributed by atoms with Crippen molar-refractivity contribution in [3.63, 3.8) is 0 Å². The molecule has 0 radical (unpaired) electrons. The van der Waals surface area contributed by atoms with Crippen LogP contribution in [0.3, 0.4) is 0 Å². The number of thioether (sulfide) groups is 1. The zero-order valence-electron chi connectivity index (χ0n) is 14.3. The molecule has 0 bridgehead atoms. The molecule has 0 atom stereocenters. The van der Waals surface area contributed by atoms with Gasteiger partial charge in [0, 0.05) is 16.7 Å². The fraction of sp³-hybridized carbons (Fsp3) is 0.105. The maximum Gasteiger partial charge on any atom is 0.236 e. The highest BCUT2D eigenvalue weighted by molar-refractivity contribution is 7.99. The first kappa shape index (κ1) is 19.0. The molecule has 2 aromatic carbocycles. The van der Waals surface area contributed by atoms with Gasteiger partial charge in [0.25, 0.3) is 0 Å². The van der Waals surface area contributed by atoms with Crippen LogP contribution in [0.1, 0.15) is 5.01 Å². The average Bonchev–Trinajstić information content (AvgIpc) is 3.30. The Morgan fingerprint density at radius 3 is 2.86 bits per heavy atom. The second-order valence-electron chi connectivity index (χ2n) is 5.78. The number of hydrogen-bond acceptors (Lipinski definition) is 6. The molecule has 9 heteroatoms. The van der Waals surface area contributed by atoms with Crippen LogP contribution in [0.25, 0.3) is 21.5 Å². The second kappa shape index (κ2) is 8.34. The number of nitrogens with one attached hydrogen (secondary N) is 1. The molecule has 0 saturated heterocycles. The summed E-state index contributed by atoms with van der Waals surface area (Å²) in [6.07, 6.45) is 0. The summed E-state index contributed by atoms with van der Waals surface area (Å²) < 4.78 is 28.3. The summed E-state index contributed by atoms with van der Waals surface area (Å²) in [6, 6.07) is 11.1. The number of halogens is 2. The Balaban J connectivity index is 1.33. The molecule has 0 spiro atoms. The number of benzene rings is 2. The lowest BCUT2D eigenvalue weighted by Crippen LogP contribution is -2.14. The predicted molar refractivity (Wildman–Crippen MR) is 112 cm³/mol. The van der Waals surface area contributed by atoms with E-state index < -0.39 is 11.6 Å². The number of anilines is 1. The van der Waals surface area contributed by atoms with Crippen molar-refractivity contribution in [1.29, 1.82) is 0 Å². The third-order valence-corrected chi connectivity index (χ3v) is 6.67. The molecule has 0 aliphatic rings. The normalized spacial score (nSPS) is 11.1. The highest BCUT2D eigenvalue weighted by Crippen LogP contribution is 2.28. The summed E-state index contributed by atoms with van der Waals surface area (Å²) >= 11 is 4.24. The molecular weight excluding hydrogens is 420 g/mol. The van der Waals surface area contributed by atoms with Crippen LogP contribution < -0.4 is 5.32 Å². The third-order valence-electron chi connectivity index (χ3n) is 3.75. The van der Waals surface area contributed by atoms with Gasteiger partial charge in [0.2, 0.25) is 5.91 Å². The Labute approximate surface area is 171 Å². The van der Waals surface area contributed by atoms with Gasteiger partial charge in [0.15, 0.2) is 5.13 Å². The van der Waals surface area contributed by atoms with Gasteiger partial charge in [-0.15, -0.1) is 34.4 Å². The molecule has 0 saturated carbocycles. The quantitative estimate of drug-likeness (QED) is 0.432. The van der Waals surface area contributed by atoms with E-state index >= 15 is 0 Å². The molecule has 4 aromatic rings. The Hall–Kier alpha value is -2.36. The molecule has 28 heavy (non-hydrogen) atoms. The van der Waals surface area contributed by atoms with Gasteiger partial charge in [-0.25, -0.2) is 18.7 Å². The molecule has 0 aliphatic heterocycles. The maximum atomic E-state index is 13.8. The first-order chi connectivity index (χ1) is 13.6. The van der Waals surface area contributed by atoms with Crippen LogP contribution in [0, 0.1) is 11.6 Å². The Morgan fingerprint density at radius 1 is 1.14 bits per heavy atom. The van der Waals surface area contributed by atoms with Gasteiger partial charge < -0.3 is 5.32 Å². The Bertz CT molecular complexity index is 1110. The van der Waals surface area contributed by atoms with E-state index in [1.165, 1.54) is 23.1 Å². The topological polar surface area (TPSA) is 54.9 Å². The lowest BCUT2D eigenvalue weighted by atomic mass is 10.1. The fourth-order valence-electron chi connectivity index (χ4n) is 2.52. The van der Waals surface area contributed by atoms with Gasteiger partial charge in [-0.3, -0.25) is 4.79 Å². The summed E-state index contributed by atoms with van der Waals surface area (Å²) in [4.78, 5) is 20.8. The minimum Gasteiger partial charge on any atom is -0.301 e. The van der Waals surface area contributed by atoms with Crippen LogP contribution in [0.15, 0.2) is 47.8 Å². The number of para-hydroxylation sites is 1. The number of thiazole rings is 2. The van der Waals surface area contributed by atoms with Gasteiger partial charge in [0.05, 0.1) is 21.7 Å². The van der Waals surface area contributed by atoms with Crippen LogP contribution in [0.2, 0.25) is 0 Å². The Morgan fingerprint density at radius 2 is 2.00 bits per heavy atom. The van der Waals surface area contributed by atoms with Gasteiger partial charge in [-0.2, -0.15) is 0 Å². The Kier molecular flexibility index (Phi) is 5.65.